The van der Waals surface area contributed by atoms with Crippen LogP contribution in [0.15, 0.2) is 30.5 Å². The summed E-state index contributed by atoms with van der Waals surface area (Å²) in [6.07, 6.45) is -0.896. The Hall–Kier alpha value is -2.05. The van der Waals surface area contributed by atoms with E-state index in [9.17, 15) is 15.0 Å². The highest BCUT2D eigenvalue weighted by Gasteiger charge is 2.20. The van der Waals surface area contributed by atoms with Gasteiger partial charge in [-0.3, -0.25) is 9.78 Å². The van der Waals surface area contributed by atoms with E-state index in [0.717, 1.165) is 5.52 Å². The maximum Gasteiger partial charge on any atom is 0.216 e. The number of nitrogens with one attached hydrogen (secondary N) is 1. The molecule has 3 N–H and O–H groups in total. The summed E-state index contributed by atoms with van der Waals surface area (Å²) in [5.41, 5.74) is 1.64. The number of para-hydroxylation sites is 2. The van der Waals surface area contributed by atoms with Gasteiger partial charge in [-0.05, 0) is 12.1 Å². The van der Waals surface area contributed by atoms with E-state index in [1.54, 1.807) is 6.07 Å². The van der Waals surface area contributed by atoms with Crippen molar-refractivity contribution in [3.63, 3.8) is 0 Å². The second-order valence-corrected chi connectivity index (χ2v) is 4.23. The molecule has 6 nitrogen and oxygen atoms in total. The molecule has 0 radical (unpaired) electrons. The fraction of sp³-hybridized carbons (Fsp3) is 0.308. The lowest BCUT2D eigenvalue weighted by Crippen LogP contribution is -2.34. The number of fused-ring (bicyclic) bond motifs is 1. The molecule has 100 valence electrons. The number of amides is 1. The van der Waals surface area contributed by atoms with Gasteiger partial charge < -0.3 is 15.5 Å². The minimum Gasteiger partial charge on any atom is -0.388 e. The molecule has 0 aliphatic rings. The predicted molar refractivity (Wildman–Crippen MR) is 69.2 cm³/mol. The first-order valence-electron chi connectivity index (χ1n) is 5.90. The van der Waals surface area contributed by atoms with E-state index in [1.807, 2.05) is 18.2 Å². The van der Waals surface area contributed by atoms with E-state index in [4.69, 9.17) is 0 Å². The molecular weight excluding hydrogens is 246 g/mol. The molecule has 0 bridgehead atoms. The van der Waals surface area contributed by atoms with Gasteiger partial charge in [0, 0.05) is 13.5 Å². The molecular formula is C13H15N3O3. The molecule has 0 spiro atoms. The zero-order valence-electron chi connectivity index (χ0n) is 10.4. The number of aliphatic hydroxyl groups is 2. The Labute approximate surface area is 110 Å². The normalized spacial score (nSPS) is 14.1. The van der Waals surface area contributed by atoms with E-state index in [-0.39, 0.29) is 18.1 Å². The van der Waals surface area contributed by atoms with Gasteiger partial charge in [-0.25, -0.2) is 4.98 Å². The fourth-order valence-corrected chi connectivity index (χ4v) is 1.67. The predicted octanol–water partition coefficient (Wildman–Crippen LogP) is 0.160. The van der Waals surface area contributed by atoms with Crippen molar-refractivity contribution >= 4 is 16.9 Å². The molecule has 1 aromatic carbocycles. The van der Waals surface area contributed by atoms with E-state index < -0.39 is 12.2 Å². The highest BCUT2D eigenvalue weighted by Crippen LogP contribution is 2.16. The average Bonchev–Trinajstić information content (AvgIpc) is 2.43. The van der Waals surface area contributed by atoms with Crippen molar-refractivity contribution in [2.45, 2.75) is 19.1 Å². The van der Waals surface area contributed by atoms with Crippen molar-refractivity contribution < 1.29 is 15.0 Å². The minimum absolute atomic E-state index is 0.0367. The topological polar surface area (TPSA) is 95.3 Å². The van der Waals surface area contributed by atoms with Crippen molar-refractivity contribution in [3.05, 3.63) is 36.2 Å². The molecule has 0 saturated heterocycles. The Balaban J connectivity index is 2.16. The van der Waals surface area contributed by atoms with Crippen LogP contribution < -0.4 is 5.32 Å². The number of hydrogen-bond donors (Lipinski definition) is 3. The van der Waals surface area contributed by atoms with Crippen LogP contribution in [0.2, 0.25) is 0 Å². The summed E-state index contributed by atoms with van der Waals surface area (Å²) in [6, 6.07) is 7.25. The highest BCUT2D eigenvalue weighted by molar-refractivity contribution is 5.73. The summed E-state index contributed by atoms with van der Waals surface area (Å²) in [7, 11) is 0. The van der Waals surface area contributed by atoms with Gasteiger partial charge in [0.05, 0.1) is 22.9 Å². The van der Waals surface area contributed by atoms with Gasteiger partial charge in [0.1, 0.15) is 12.2 Å². The lowest BCUT2D eigenvalue weighted by Gasteiger charge is -2.17. The zero-order valence-corrected chi connectivity index (χ0v) is 10.4. The van der Waals surface area contributed by atoms with E-state index in [0.29, 0.717) is 5.52 Å². The van der Waals surface area contributed by atoms with Gasteiger partial charge in [-0.15, -0.1) is 0 Å². The van der Waals surface area contributed by atoms with Crippen molar-refractivity contribution in [2.75, 3.05) is 6.54 Å². The maximum atomic E-state index is 10.8. The van der Waals surface area contributed by atoms with E-state index >= 15 is 0 Å². The Bertz CT molecular complexity index is 588. The Morgan fingerprint density at radius 2 is 2.00 bits per heavy atom. The van der Waals surface area contributed by atoms with Gasteiger partial charge in [0.15, 0.2) is 0 Å². The number of aliphatic hydroxyl groups excluding tert-OH is 2. The molecule has 6 heteroatoms. The Morgan fingerprint density at radius 1 is 1.32 bits per heavy atom. The van der Waals surface area contributed by atoms with E-state index in [2.05, 4.69) is 15.3 Å². The van der Waals surface area contributed by atoms with Crippen LogP contribution in [0.25, 0.3) is 11.0 Å². The van der Waals surface area contributed by atoms with Crippen molar-refractivity contribution in [1.82, 2.24) is 15.3 Å². The van der Waals surface area contributed by atoms with Crippen LogP contribution in [0, 0.1) is 0 Å². The minimum atomic E-state index is -1.19. The van der Waals surface area contributed by atoms with Crippen LogP contribution in [-0.2, 0) is 4.79 Å². The monoisotopic (exact) mass is 261 g/mol. The second-order valence-electron chi connectivity index (χ2n) is 4.23. The van der Waals surface area contributed by atoms with Crippen molar-refractivity contribution in [1.29, 1.82) is 0 Å². The Kier molecular flexibility index (Phi) is 4.03. The second kappa shape index (κ2) is 5.73. The maximum absolute atomic E-state index is 10.8. The number of nitrogens with zero attached hydrogens (tertiary/aromatic N) is 2. The summed E-state index contributed by atoms with van der Waals surface area (Å²) in [5.74, 6) is -0.268. The summed E-state index contributed by atoms with van der Waals surface area (Å²) in [5, 5.41) is 22.2. The number of benzene rings is 1. The molecule has 0 aliphatic heterocycles. The largest absolute Gasteiger partial charge is 0.388 e. The molecule has 2 atom stereocenters. The van der Waals surface area contributed by atoms with Crippen molar-refractivity contribution in [2.24, 2.45) is 0 Å². The first-order chi connectivity index (χ1) is 9.08. The van der Waals surface area contributed by atoms with Crippen LogP contribution in [0.3, 0.4) is 0 Å². The third kappa shape index (κ3) is 3.24. The lowest BCUT2D eigenvalue weighted by atomic mass is 10.1. The molecule has 1 amide bonds. The third-order valence-electron chi connectivity index (χ3n) is 2.69. The molecule has 2 aromatic rings. The standard InChI is InChI=1S/C13H15N3O3/c1-8(17)14-7-12(18)13(19)11-6-15-9-4-2-3-5-10(9)16-11/h2-6,12-13,18-19H,7H2,1H3,(H,14,17). The summed E-state index contributed by atoms with van der Waals surface area (Å²) in [4.78, 5) is 19.1. The molecule has 0 fully saturated rings. The lowest BCUT2D eigenvalue weighted by molar-refractivity contribution is -0.119. The molecule has 2 unspecified atom stereocenters. The molecule has 0 aliphatic carbocycles. The van der Waals surface area contributed by atoms with Gasteiger partial charge in [0.2, 0.25) is 5.91 Å². The van der Waals surface area contributed by atoms with Crippen LogP contribution in [-0.4, -0.2) is 38.7 Å². The quantitative estimate of drug-likeness (QED) is 0.728. The molecule has 2 rings (SSSR count). The molecule has 0 saturated carbocycles. The number of carbonyl (C=O) groups excluding carboxylic acids is 1. The van der Waals surface area contributed by atoms with E-state index in [1.165, 1.54) is 13.1 Å². The zero-order chi connectivity index (χ0) is 13.8. The van der Waals surface area contributed by atoms with Crippen LogP contribution in [0.1, 0.15) is 18.7 Å². The smallest absolute Gasteiger partial charge is 0.216 e. The molecule has 1 heterocycles. The summed E-state index contributed by atoms with van der Waals surface area (Å²) >= 11 is 0. The highest BCUT2D eigenvalue weighted by atomic mass is 16.3. The number of hydrogen-bond acceptors (Lipinski definition) is 5. The first kappa shape index (κ1) is 13.4. The van der Waals surface area contributed by atoms with Gasteiger partial charge >= 0.3 is 0 Å². The molecule has 1 aromatic heterocycles. The Morgan fingerprint density at radius 3 is 2.68 bits per heavy atom. The number of aromatic nitrogens is 2. The van der Waals surface area contributed by atoms with Crippen LogP contribution >= 0.6 is 0 Å². The van der Waals surface area contributed by atoms with Crippen LogP contribution in [0.5, 0.6) is 0 Å². The van der Waals surface area contributed by atoms with Crippen molar-refractivity contribution in [3.8, 4) is 0 Å². The number of rotatable bonds is 4. The van der Waals surface area contributed by atoms with Gasteiger partial charge in [-0.2, -0.15) is 0 Å². The summed E-state index contributed by atoms with van der Waals surface area (Å²) in [6.45, 7) is 1.31. The summed E-state index contributed by atoms with van der Waals surface area (Å²) < 4.78 is 0. The SMILES string of the molecule is CC(=O)NCC(O)C(O)c1cnc2ccccc2n1. The van der Waals surface area contributed by atoms with Gasteiger partial charge in [0.25, 0.3) is 0 Å². The first-order valence-corrected chi connectivity index (χ1v) is 5.90. The molecule has 19 heavy (non-hydrogen) atoms. The fourth-order valence-electron chi connectivity index (χ4n) is 1.67. The number of carbonyl (C=O) groups is 1. The van der Waals surface area contributed by atoms with Crippen LogP contribution in [0.4, 0.5) is 0 Å². The third-order valence-corrected chi connectivity index (χ3v) is 2.69. The van der Waals surface area contributed by atoms with Gasteiger partial charge in [-0.1, -0.05) is 12.1 Å². The average molecular weight is 261 g/mol.